The molecule has 1 aliphatic rings. The van der Waals surface area contributed by atoms with Gasteiger partial charge in [0.15, 0.2) is 0 Å². The number of hydrogen-bond acceptors (Lipinski definition) is 4. The van der Waals surface area contributed by atoms with Crippen LogP contribution in [-0.2, 0) is 6.54 Å². The van der Waals surface area contributed by atoms with Crippen molar-refractivity contribution in [2.45, 2.75) is 38.4 Å². The van der Waals surface area contributed by atoms with Crippen molar-refractivity contribution < 1.29 is 0 Å². The monoisotopic (exact) mass is 296 g/mol. The molecular weight excluding hydrogens is 272 g/mol. The third-order valence-electron chi connectivity index (χ3n) is 4.56. The molecule has 0 spiro atoms. The zero-order chi connectivity index (χ0) is 15.2. The third kappa shape index (κ3) is 3.90. The highest BCUT2D eigenvalue weighted by molar-refractivity contribution is 5.14. The van der Waals surface area contributed by atoms with E-state index >= 15 is 0 Å². The molecule has 1 atom stereocenters. The summed E-state index contributed by atoms with van der Waals surface area (Å²) in [6, 6.07) is 11.4. The quantitative estimate of drug-likeness (QED) is 0.921. The second kappa shape index (κ2) is 7.47. The van der Waals surface area contributed by atoms with E-state index in [1.807, 2.05) is 30.7 Å². The Morgan fingerprint density at radius 2 is 1.91 bits per heavy atom. The first-order chi connectivity index (χ1) is 10.8. The molecule has 4 heteroatoms. The topological polar surface area (TPSA) is 41.1 Å². The summed E-state index contributed by atoms with van der Waals surface area (Å²) in [5.74, 6) is 0. The largest absolute Gasteiger partial charge is 0.308 e. The Kier molecular flexibility index (Phi) is 5.14. The zero-order valence-electron chi connectivity index (χ0n) is 13.2. The van der Waals surface area contributed by atoms with Crippen molar-refractivity contribution in [3.8, 4) is 0 Å². The standard InChI is InChI=1S/C18H24N4/c1-15(16-5-10-19-11-6-16)22-12-7-17(8-13-22)21-14-18-4-2-3-9-20-18/h2-6,9-11,15,17,21H,7-8,12-14H2,1H3/t15-/m1/s1. The number of piperidine rings is 1. The molecular formula is C18H24N4. The van der Waals surface area contributed by atoms with E-state index in [1.165, 1.54) is 18.4 Å². The minimum absolute atomic E-state index is 0.472. The Hall–Kier alpha value is -1.78. The van der Waals surface area contributed by atoms with Crippen LogP contribution >= 0.6 is 0 Å². The lowest BCUT2D eigenvalue weighted by Gasteiger charge is -2.36. The van der Waals surface area contributed by atoms with Gasteiger partial charge in [-0.25, -0.2) is 0 Å². The van der Waals surface area contributed by atoms with Gasteiger partial charge >= 0.3 is 0 Å². The molecule has 116 valence electrons. The maximum Gasteiger partial charge on any atom is 0.0541 e. The van der Waals surface area contributed by atoms with Crippen molar-refractivity contribution in [3.05, 3.63) is 60.2 Å². The van der Waals surface area contributed by atoms with E-state index < -0.39 is 0 Å². The van der Waals surface area contributed by atoms with E-state index in [2.05, 4.69) is 45.3 Å². The van der Waals surface area contributed by atoms with Gasteiger partial charge in [0.25, 0.3) is 0 Å². The van der Waals surface area contributed by atoms with Gasteiger partial charge in [-0.2, -0.15) is 0 Å². The van der Waals surface area contributed by atoms with Crippen LogP contribution in [0.3, 0.4) is 0 Å². The molecule has 3 heterocycles. The summed E-state index contributed by atoms with van der Waals surface area (Å²) in [5, 5.41) is 3.64. The molecule has 2 aromatic rings. The van der Waals surface area contributed by atoms with Crippen molar-refractivity contribution in [2.75, 3.05) is 13.1 Å². The summed E-state index contributed by atoms with van der Waals surface area (Å²) < 4.78 is 0. The van der Waals surface area contributed by atoms with Gasteiger partial charge in [0.05, 0.1) is 5.69 Å². The van der Waals surface area contributed by atoms with Gasteiger partial charge in [0.1, 0.15) is 0 Å². The SMILES string of the molecule is C[C@H](c1ccncc1)N1CCC(NCc2ccccn2)CC1. The van der Waals surface area contributed by atoms with Gasteiger partial charge in [-0.05, 0) is 49.6 Å². The molecule has 1 fully saturated rings. The Balaban J connectivity index is 1.46. The van der Waals surface area contributed by atoms with Crippen molar-refractivity contribution in [3.63, 3.8) is 0 Å². The average molecular weight is 296 g/mol. The predicted octanol–water partition coefficient (Wildman–Crippen LogP) is 2.79. The van der Waals surface area contributed by atoms with Gasteiger partial charge < -0.3 is 5.32 Å². The average Bonchev–Trinajstić information content (AvgIpc) is 2.61. The van der Waals surface area contributed by atoms with Crippen LogP contribution < -0.4 is 5.32 Å². The summed E-state index contributed by atoms with van der Waals surface area (Å²) in [6.45, 7) is 5.44. The van der Waals surface area contributed by atoms with Gasteiger partial charge in [0, 0.05) is 50.3 Å². The Bertz CT molecular complexity index is 550. The lowest BCUT2D eigenvalue weighted by atomic mass is 10.0. The Morgan fingerprint density at radius 3 is 2.59 bits per heavy atom. The van der Waals surface area contributed by atoms with Crippen molar-refractivity contribution in [1.82, 2.24) is 20.2 Å². The summed E-state index contributed by atoms with van der Waals surface area (Å²) in [6.07, 6.45) is 8.01. The predicted molar refractivity (Wildman–Crippen MR) is 88.3 cm³/mol. The highest BCUT2D eigenvalue weighted by atomic mass is 15.2. The maximum absolute atomic E-state index is 4.37. The fourth-order valence-electron chi connectivity index (χ4n) is 3.10. The first-order valence-electron chi connectivity index (χ1n) is 8.10. The van der Waals surface area contributed by atoms with E-state index in [-0.39, 0.29) is 0 Å². The van der Waals surface area contributed by atoms with Crippen LogP contribution in [0.15, 0.2) is 48.9 Å². The molecule has 4 nitrogen and oxygen atoms in total. The molecule has 0 radical (unpaired) electrons. The van der Waals surface area contributed by atoms with Crippen LogP contribution in [-0.4, -0.2) is 34.0 Å². The van der Waals surface area contributed by atoms with Crippen molar-refractivity contribution >= 4 is 0 Å². The number of pyridine rings is 2. The van der Waals surface area contributed by atoms with Gasteiger partial charge in [-0.3, -0.25) is 14.9 Å². The second-order valence-electron chi connectivity index (χ2n) is 5.97. The Morgan fingerprint density at radius 1 is 1.14 bits per heavy atom. The number of rotatable bonds is 5. The molecule has 1 N–H and O–H groups in total. The maximum atomic E-state index is 4.37. The van der Waals surface area contributed by atoms with Crippen LogP contribution in [0, 0.1) is 0 Å². The summed E-state index contributed by atoms with van der Waals surface area (Å²) in [5.41, 5.74) is 2.48. The molecule has 0 bridgehead atoms. The minimum atomic E-state index is 0.472. The van der Waals surface area contributed by atoms with Gasteiger partial charge in [-0.1, -0.05) is 6.07 Å². The van der Waals surface area contributed by atoms with E-state index in [4.69, 9.17) is 0 Å². The van der Waals surface area contributed by atoms with E-state index in [0.717, 1.165) is 25.3 Å². The highest BCUT2D eigenvalue weighted by Gasteiger charge is 2.23. The molecule has 1 saturated heterocycles. The van der Waals surface area contributed by atoms with Gasteiger partial charge in [-0.15, -0.1) is 0 Å². The third-order valence-corrected chi connectivity index (χ3v) is 4.56. The number of nitrogens with zero attached hydrogens (tertiary/aromatic N) is 3. The molecule has 0 saturated carbocycles. The summed E-state index contributed by atoms with van der Waals surface area (Å²) in [7, 11) is 0. The lowest BCUT2D eigenvalue weighted by Crippen LogP contribution is -2.43. The van der Waals surface area contributed by atoms with Crippen LogP contribution in [0.1, 0.15) is 37.1 Å². The summed E-state index contributed by atoms with van der Waals surface area (Å²) in [4.78, 5) is 11.0. The number of hydrogen-bond donors (Lipinski definition) is 1. The van der Waals surface area contributed by atoms with E-state index in [1.54, 1.807) is 0 Å². The first-order valence-corrected chi connectivity index (χ1v) is 8.10. The first kappa shape index (κ1) is 15.1. The fraction of sp³-hybridized carbons (Fsp3) is 0.444. The lowest BCUT2D eigenvalue weighted by molar-refractivity contribution is 0.152. The van der Waals surface area contributed by atoms with E-state index in [0.29, 0.717) is 12.1 Å². The second-order valence-corrected chi connectivity index (χ2v) is 5.97. The molecule has 0 amide bonds. The minimum Gasteiger partial charge on any atom is -0.308 e. The van der Waals surface area contributed by atoms with Gasteiger partial charge in [0.2, 0.25) is 0 Å². The van der Waals surface area contributed by atoms with Crippen LogP contribution in [0.25, 0.3) is 0 Å². The van der Waals surface area contributed by atoms with Crippen molar-refractivity contribution in [1.29, 1.82) is 0 Å². The molecule has 0 aliphatic carbocycles. The number of likely N-dealkylation sites (tertiary alicyclic amines) is 1. The molecule has 0 unspecified atom stereocenters. The molecule has 0 aromatic carbocycles. The van der Waals surface area contributed by atoms with Crippen molar-refractivity contribution in [2.24, 2.45) is 0 Å². The highest BCUT2D eigenvalue weighted by Crippen LogP contribution is 2.23. The fourth-order valence-corrected chi connectivity index (χ4v) is 3.10. The smallest absolute Gasteiger partial charge is 0.0541 e. The number of nitrogens with one attached hydrogen (secondary N) is 1. The summed E-state index contributed by atoms with van der Waals surface area (Å²) >= 11 is 0. The molecule has 1 aliphatic heterocycles. The van der Waals surface area contributed by atoms with Crippen LogP contribution in [0.2, 0.25) is 0 Å². The molecule has 2 aromatic heterocycles. The normalized spacial score (nSPS) is 18.2. The molecule has 22 heavy (non-hydrogen) atoms. The van der Waals surface area contributed by atoms with E-state index in [9.17, 15) is 0 Å². The Labute approximate surface area is 132 Å². The zero-order valence-corrected chi connectivity index (χ0v) is 13.2. The van der Waals surface area contributed by atoms with Crippen LogP contribution in [0.5, 0.6) is 0 Å². The number of aromatic nitrogens is 2. The van der Waals surface area contributed by atoms with Crippen LogP contribution in [0.4, 0.5) is 0 Å². The molecule has 3 rings (SSSR count).